The number of nitrogens with zero attached hydrogens (tertiary/aromatic N) is 1. The molecule has 0 fully saturated rings. The highest BCUT2D eigenvalue weighted by molar-refractivity contribution is 9.10. The molecule has 1 amide bonds. The fraction of sp³-hybridized carbons (Fsp3) is 0.0667. The average molecular weight is 362 g/mol. The van der Waals surface area contributed by atoms with Gasteiger partial charge >= 0.3 is 0 Å². The van der Waals surface area contributed by atoms with Crippen molar-refractivity contribution in [3.05, 3.63) is 51.9 Å². The lowest BCUT2D eigenvalue weighted by atomic mass is 10.1. The Morgan fingerprint density at radius 1 is 1.24 bits per heavy atom. The van der Waals surface area contributed by atoms with Crippen LogP contribution in [0.3, 0.4) is 0 Å². The van der Waals surface area contributed by atoms with Crippen molar-refractivity contribution in [3.63, 3.8) is 0 Å². The van der Waals surface area contributed by atoms with Crippen molar-refractivity contribution in [2.75, 3.05) is 11.1 Å². The van der Waals surface area contributed by atoms with Crippen molar-refractivity contribution in [2.24, 2.45) is 0 Å². The van der Waals surface area contributed by atoms with Crippen LogP contribution in [0.25, 0.3) is 10.8 Å². The number of fused-ring (bicyclic) bond motifs is 1. The van der Waals surface area contributed by atoms with Gasteiger partial charge in [-0.2, -0.15) is 0 Å². The number of amides is 1. The molecular weight excluding hydrogens is 350 g/mol. The molecule has 0 atom stereocenters. The number of nitrogen functional groups attached to an aromatic ring is 1. The van der Waals surface area contributed by atoms with Gasteiger partial charge in [-0.15, -0.1) is 11.3 Å². The molecule has 0 aliphatic carbocycles. The Hall–Kier alpha value is -1.92. The highest BCUT2D eigenvalue weighted by atomic mass is 79.9. The van der Waals surface area contributed by atoms with E-state index in [1.807, 2.05) is 36.4 Å². The lowest BCUT2D eigenvalue weighted by molar-refractivity contribution is -0.115. The van der Waals surface area contributed by atoms with E-state index < -0.39 is 0 Å². The van der Waals surface area contributed by atoms with Crippen LogP contribution in [0.2, 0.25) is 0 Å². The van der Waals surface area contributed by atoms with Gasteiger partial charge in [0.25, 0.3) is 0 Å². The molecule has 3 rings (SSSR count). The Bertz CT molecular complexity index is 816. The zero-order valence-corrected chi connectivity index (χ0v) is 13.4. The summed E-state index contributed by atoms with van der Waals surface area (Å²) >= 11 is 4.78. The molecule has 4 nitrogen and oxygen atoms in total. The molecule has 0 unspecified atom stereocenters. The molecule has 0 saturated heterocycles. The molecule has 0 aliphatic rings. The number of thiazole rings is 1. The molecule has 6 heteroatoms. The first-order chi connectivity index (χ1) is 10.1. The lowest BCUT2D eigenvalue weighted by Gasteiger charge is -2.06. The third kappa shape index (κ3) is 3.40. The Morgan fingerprint density at radius 2 is 2.00 bits per heavy atom. The number of hydrogen-bond acceptors (Lipinski definition) is 4. The second-order valence-electron chi connectivity index (χ2n) is 4.61. The third-order valence-corrected chi connectivity index (χ3v) is 4.21. The first kappa shape index (κ1) is 14.0. The maximum Gasteiger partial charge on any atom is 0.230 e. The Balaban J connectivity index is 1.75. The van der Waals surface area contributed by atoms with E-state index in [1.54, 1.807) is 5.38 Å². The van der Waals surface area contributed by atoms with Crippen LogP contribution < -0.4 is 11.1 Å². The van der Waals surface area contributed by atoms with Crippen molar-refractivity contribution < 1.29 is 4.79 Å². The summed E-state index contributed by atoms with van der Waals surface area (Å²) in [5.41, 5.74) is 7.02. The fourth-order valence-electron chi connectivity index (χ4n) is 2.07. The molecule has 2 aromatic carbocycles. The van der Waals surface area contributed by atoms with Gasteiger partial charge < -0.3 is 11.1 Å². The van der Waals surface area contributed by atoms with Crippen molar-refractivity contribution in [2.45, 2.75) is 6.42 Å². The molecule has 3 aromatic rings. The number of benzene rings is 2. The van der Waals surface area contributed by atoms with Gasteiger partial charge in [-0.05, 0) is 35.0 Å². The molecule has 21 heavy (non-hydrogen) atoms. The lowest BCUT2D eigenvalue weighted by Crippen LogP contribution is -2.14. The number of rotatable bonds is 3. The highest BCUT2D eigenvalue weighted by Crippen LogP contribution is 2.23. The molecular formula is C15H12BrN3OS. The van der Waals surface area contributed by atoms with Crippen LogP contribution in [0.15, 0.2) is 46.3 Å². The summed E-state index contributed by atoms with van der Waals surface area (Å²) in [7, 11) is 0. The summed E-state index contributed by atoms with van der Waals surface area (Å²) in [5.74, 6) is -0.100. The van der Waals surface area contributed by atoms with E-state index in [2.05, 4.69) is 26.2 Å². The predicted molar refractivity (Wildman–Crippen MR) is 90.5 cm³/mol. The first-order valence-electron chi connectivity index (χ1n) is 6.29. The minimum absolute atomic E-state index is 0.100. The molecule has 0 aliphatic heterocycles. The third-order valence-electron chi connectivity index (χ3n) is 3.00. The van der Waals surface area contributed by atoms with Crippen LogP contribution in [0.1, 0.15) is 5.69 Å². The van der Waals surface area contributed by atoms with E-state index in [0.29, 0.717) is 10.8 Å². The number of carbonyl (C=O) groups is 1. The standard InChI is InChI=1S/C15H12BrN3OS/c16-11-3-1-10-6-12(4-2-9(10)5-11)18-14(20)7-13-8-21-15(17)19-13/h1-6,8H,7H2,(H2,17,19)(H,18,20). The van der Waals surface area contributed by atoms with Crippen LogP contribution >= 0.6 is 27.3 Å². The molecule has 0 spiro atoms. The number of nitrogens with one attached hydrogen (secondary N) is 1. The summed E-state index contributed by atoms with van der Waals surface area (Å²) in [6.45, 7) is 0. The van der Waals surface area contributed by atoms with Gasteiger partial charge in [-0.3, -0.25) is 4.79 Å². The number of hydrogen-bond donors (Lipinski definition) is 2. The number of carbonyl (C=O) groups excluding carboxylic acids is 1. The molecule has 0 bridgehead atoms. The minimum atomic E-state index is -0.100. The Kier molecular flexibility index (Phi) is 3.90. The zero-order chi connectivity index (χ0) is 14.8. The van der Waals surface area contributed by atoms with Gasteiger partial charge in [-0.1, -0.05) is 28.1 Å². The maximum atomic E-state index is 12.0. The van der Waals surface area contributed by atoms with Gasteiger partial charge in [0.05, 0.1) is 12.1 Å². The van der Waals surface area contributed by atoms with E-state index in [9.17, 15) is 4.79 Å². The first-order valence-corrected chi connectivity index (χ1v) is 7.96. The van der Waals surface area contributed by atoms with E-state index in [1.165, 1.54) is 11.3 Å². The van der Waals surface area contributed by atoms with Gasteiger partial charge in [0.15, 0.2) is 5.13 Å². The van der Waals surface area contributed by atoms with E-state index in [0.717, 1.165) is 20.9 Å². The number of aromatic nitrogens is 1. The number of nitrogens with two attached hydrogens (primary N) is 1. The van der Waals surface area contributed by atoms with Crippen LogP contribution in [0, 0.1) is 0 Å². The summed E-state index contributed by atoms with van der Waals surface area (Å²) in [6, 6.07) is 11.9. The predicted octanol–water partition coefficient (Wildman–Crippen LogP) is 3.82. The normalized spacial score (nSPS) is 10.7. The molecule has 0 saturated carbocycles. The topological polar surface area (TPSA) is 68.0 Å². The smallest absolute Gasteiger partial charge is 0.230 e. The van der Waals surface area contributed by atoms with E-state index >= 15 is 0 Å². The number of halogens is 1. The van der Waals surface area contributed by atoms with Gasteiger partial charge in [0, 0.05) is 15.5 Å². The SMILES string of the molecule is Nc1nc(CC(=O)Nc2ccc3cc(Br)ccc3c2)cs1. The minimum Gasteiger partial charge on any atom is -0.375 e. The fourth-order valence-corrected chi connectivity index (χ4v) is 3.01. The van der Waals surface area contributed by atoms with Crippen molar-refractivity contribution in [1.82, 2.24) is 4.98 Å². The second kappa shape index (κ2) is 5.83. The summed E-state index contributed by atoms with van der Waals surface area (Å²) < 4.78 is 1.04. The molecule has 3 N–H and O–H groups in total. The van der Waals surface area contributed by atoms with Crippen LogP contribution in [0.4, 0.5) is 10.8 Å². The second-order valence-corrected chi connectivity index (χ2v) is 6.41. The Labute approximate surface area is 134 Å². The summed E-state index contributed by atoms with van der Waals surface area (Å²) in [4.78, 5) is 16.1. The van der Waals surface area contributed by atoms with E-state index in [-0.39, 0.29) is 12.3 Å². The van der Waals surface area contributed by atoms with Crippen molar-refractivity contribution >= 4 is 54.8 Å². The highest BCUT2D eigenvalue weighted by Gasteiger charge is 2.07. The van der Waals surface area contributed by atoms with Crippen LogP contribution in [0.5, 0.6) is 0 Å². The Morgan fingerprint density at radius 3 is 2.76 bits per heavy atom. The van der Waals surface area contributed by atoms with Gasteiger partial charge in [0.1, 0.15) is 0 Å². The molecule has 106 valence electrons. The molecule has 1 aromatic heterocycles. The van der Waals surface area contributed by atoms with Crippen LogP contribution in [-0.2, 0) is 11.2 Å². The maximum absolute atomic E-state index is 12.0. The van der Waals surface area contributed by atoms with Crippen molar-refractivity contribution in [3.8, 4) is 0 Å². The van der Waals surface area contributed by atoms with Gasteiger partial charge in [-0.25, -0.2) is 4.98 Å². The summed E-state index contributed by atoms with van der Waals surface area (Å²) in [5, 5.41) is 7.36. The quantitative estimate of drug-likeness (QED) is 0.744. The molecule has 0 radical (unpaired) electrons. The summed E-state index contributed by atoms with van der Waals surface area (Å²) in [6.07, 6.45) is 0.228. The van der Waals surface area contributed by atoms with E-state index in [4.69, 9.17) is 5.73 Å². The largest absolute Gasteiger partial charge is 0.375 e. The monoisotopic (exact) mass is 361 g/mol. The van der Waals surface area contributed by atoms with Crippen molar-refractivity contribution in [1.29, 1.82) is 0 Å². The van der Waals surface area contributed by atoms with Gasteiger partial charge in [0.2, 0.25) is 5.91 Å². The van der Waals surface area contributed by atoms with Crippen LogP contribution in [-0.4, -0.2) is 10.9 Å². The zero-order valence-electron chi connectivity index (χ0n) is 11.0. The average Bonchev–Trinajstić information content (AvgIpc) is 2.84. The molecule has 1 heterocycles. The number of anilines is 2.